The summed E-state index contributed by atoms with van der Waals surface area (Å²) in [7, 11) is 1.99. The molecule has 2 saturated heterocycles. The lowest BCUT2D eigenvalue weighted by atomic mass is 9.75. The molecular weight excluding hydrogens is 396 g/mol. The lowest BCUT2D eigenvalue weighted by molar-refractivity contribution is -0.120. The van der Waals surface area contributed by atoms with Crippen molar-refractivity contribution in [3.63, 3.8) is 0 Å². The van der Waals surface area contributed by atoms with Gasteiger partial charge in [-0.3, -0.25) is 15.0 Å². The first-order chi connectivity index (χ1) is 14.6. The quantitative estimate of drug-likeness (QED) is 0.761. The highest BCUT2D eigenvalue weighted by molar-refractivity contribution is 6.06. The Morgan fingerprint density at radius 3 is 2.58 bits per heavy atom. The highest BCUT2D eigenvalue weighted by Crippen LogP contribution is 2.42. The van der Waals surface area contributed by atoms with Gasteiger partial charge in [-0.05, 0) is 41.9 Å². The third kappa shape index (κ3) is 3.86. The van der Waals surface area contributed by atoms with Crippen molar-refractivity contribution in [2.45, 2.75) is 52.0 Å². The number of benzene rings is 1. The van der Waals surface area contributed by atoms with Gasteiger partial charge in [0.05, 0.1) is 5.52 Å². The van der Waals surface area contributed by atoms with Gasteiger partial charge >= 0.3 is 12.1 Å². The number of anilines is 1. The Morgan fingerprint density at radius 1 is 1.19 bits per heavy atom. The number of amides is 4. The summed E-state index contributed by atoms with van der Waals surface area (Å²) in [6.07, 6.45) is 3.15. The number of imide groups is 1. The number of carbonyl (C=O) groups excluding carboxylic acids is 2. The van der Waals surface area contributed by atoms with E-state index in [4.69, 9.17) is 0 Å². The fourth-order valence-corrected chi connectivity index (χ4v) is 5.01. The van der Waals surface area contributed by atoms with E-state index in [1.165, 1.54) is 5.56 Å². The predicted octanol–water partition coefficient (Wildman–Crippen LogP) is 3.90. The summed E-state index contributed by atoms with van der Waals surface area (Å²) in [5.41, 5.74) is 2.86. The molecule has 8 heteroatoms. The highest BCUT2D eigenvalue weighted by atomic mass is 16.4. The van der Waals surface area contributed by atoms with Gasteiger partial charge in [0.2, 0.25) is 5.91 Å². The van der Waals surface area contributed by atoms with Gasteiger partial charge in [-0.1, -0.05) is 26.8 Å². The molecule has 2 fully saturated rings. The molecule has 8 nitrogen and oxygen atoms in total. The number of nitrogens with one attached hydrogen (secondary N) is 1. The Kier molecular flexibility index (Phi) is 5.19. The van der Waals surface area contributed by atoms with E-state index in [1.54, 1.807) is 9.80 Å². The molecule has 0 saturated carbocycles. The zero-order valence-electron chi connectivity index (χ0n) is 18.5. The van der Waals surface area contributed by atoms with Gasteiger partial charge in [0, 0.05) is 49.9 Å². The van der Waals surface area contributed by atoms with Crippen LogP contribution in [0, 0.1) is 5.41 Å². The molecule has 2 aliphatic rings. The number of aryl methyl sites for hydroxylation is 1. The van der Waals surface area contributed by atoms with E-state index < -0.39 is 6.09 Å². The summed E-state index contributed by atoms with van der Waals surface area (Å²) in [4.78, 5) is 38.6. The smallest absolute Gasteiger partial charge is 0.407 e. The summed E-state index contributed by atoms with van der Waals surface area (Å²) in [5.74, 6) is 0.0230. The van der Waals surface area contributed by atoms with E-state index in [1.807, 2.05) is 25.2 Å². The Morgan fingerprint density at radius 2 is 1.94 bits per heavy atom. The monoisotopic (exact) mass is 426 g/mol. The van der Waals surface area contributed by atoms with Crippen molar-refractivity contribution in [1.29, 1.82) is 0 Å². The number of likely N-dealkylation sites (tertiary alicyclic amines) is 1. The fourth-order valence-electron chi connectivity index (χ4n) is 5.01. The molecule has 2 unspecified atom stereocenters. The van der Waals surface area contributed by atoms with Crippen LogP contribution in [-0.2, 0) is 11.8 Å². The Labute approximate surface area is 181 Å². The molecule has 166 valence electrons. The average molecular weight is 427 g/mol. The first-order valence-corrected chi connectivity index (χ1v) is 10.8. The zero-order valence-corrected chi connectivity index (χ0v) is 18.5. The number of piperidine rings is 1. The van der Waals surface area contributed by atoms with E-state index in [0.717, 1.165) is 29.4 Å². The first-order valence-electron chi connectivity index (χ1n) is 10.8. The van der Waals surface area contributed by atoms with Gasteiger partial charge in [-0.15, -0.1) is 0 Å². The molecule has 2 atom stereocenters. The summed E-state index contributed by atoms with van der Waals surface area (Å²) < 4.78 is 2.07. The largest absolute Gasteiger partial charge is 0.465 e. The lowest BCUT2D eigenvalue weighted by Crippen LogP contribution is -2.51. The maximum atomic E-state index is 12.2. The van der Waals surface area contributed by atoms with Gasteiger partial charge in [0.1, 0.15) is 0 Å². The Hall–Kier alpha value is -3.03. The number of carboxylic acid groups (broad SMARTS) is 1. The van der Waals surface area contributed by atoms with Crippen LogP contribution >= 0.6 is 0 Å². The molecule has 4 rings (SSSR count). The lowest BCUT2D eigenvalue weighted by Gasteiger charge is -2.44. The minimum absolute atomic E-state index is 0.0483. The van der Waals surface area contributed by atoms with E-state index in [2.05, 4.69) is 36.9 Å². The maximum absolute atomic E-state index is 12.2. The van der Waals surface area contributed by atoms with Gasteiger partial charge in [0.15, 0.2) is 0 Å². The van der Waals surface area contributed by atoms with E-state index in [-0.39, 0.29) is 29.3 Å². The van der Waals surface area contributed by atoms with Crippen LogP contribution in [0.25, 0.3) is 10.9 Å². The molecule has 0 aliphatic carbocycles. The minimum atomic E-state index is -0.848. The molecule has 2 aromatic rings. The average Bonchev–Trinajstić information content (AvgIpc) is 3.03. The first kappa shape index (κ1) is 21.2. The molecule has 31 heavy (non-hydrogen) atoms. The second-order valence-corrected chi connectivity index (χ2v) is 9.73. The second kappa shape index (κ2) is 7.59. The van der Waals surface area contributed by atoms with Gasteiger partial charge in [0.25, 0.3) is 0 Å². The maximum Gasteiger partial charge on any atom is 0.407 e. The van der Waals surface area contributed by atoms with Crippen molar-refractivity contribution in [2.75, 3.05) is 18.0 Å². The van der Waals surface area contributed by atoms with Crippen molar-refractivity contribution in [3.05, 3.63) is 30.0 Å². The third-order valence-electron chi connectivity index (χ3n) is 6.66. The number of aromatic nitrogens is 1. The molecular formula is C23H30N4O4. The van der Waals surface area contributed by atoms with E-state index in [0.29, 0.717) is 19.5 Å². The molecule has 4 amide bonds. The normalized spacial score (nSPS) is 22.7. The SMILES string of the molecule is Cn1cc(C2CCN(C(=O)O)C(C(C)(C)C)C2)c2ccc(N3CCC(=O)NC3=O)cc21. The van der Waals surface area contributed by atoms with Crippen LogP contribution in [0.1, 0.15) is 51.5 Å². The van der Waals surface area contributed by atoms with E-state index >= 15 is 0 Å². The Bertz CT molecular complexity index is 1050. The topological polar surface area (TPSA) is 94.9 Å². The second-order valence-electron chi connectivity index (χ2n) is 9.73. The zero-order chi connectivity index (χ0) is 22.5. The summed E-state index contributed by atoms with van der Waals surface area (Å²) in [5, 5.41) is 13.2. The van der Waals surface area contributed by atoms with Crippen molar-refractivity contribution in [1.82, 2.24) is 14.8 Å². The number of fused-ring (bicyclic) bond motifs is 1. The molecule has 1 aromatic carbocycles. The van der Waals surface area contributed by atoms with Crippen LogP contribution in [0.4, 0.5) is 15.3 Å². The number of hydrogen-bond acceptors (Lipinski definition) is 3. The number of nitrogens with zero attached hydrogens (tertiary/aromatic N) is 3. The number of rotatable bonds is 2. The molecule has 2 aliphatic heterocycles. The highest BCUT2D eigenvalue weighted by Gasteiger charge is 2.39. The van der Waals surface area contributed by atoms with Crippen LogP contribution in [0.3, 0.4) is 0 Å². The number of carbonyl (C=O) groups is 3. The van der Waals surface area contributed by atoms with Gasteiger partial charge < -0.3 is 14.6 Å². The van der Waals surface area contributed by atoms with Gasteiger partial charge in [-0.2, -0.15) is 0 Å². The standard InChI is InChI=1S/C23H30N4O4/c1-23(2,3)19-11-14(7-9-27(19)22(30)31)17-13-25(4)18-12-15(5-6-16(17)18)26-10-8-20(28)24-21(26)29/h5-6,12-14,19H,7-11H2,1-4H3,(H,30,31)(H,24,28,29). The van der Waals surface area contributed by atoms with Crippen molar-refractivity contribution in [3.8, 4) is 0 Å². The van der Waals surface area contributed by atoms with Crippen LogP contribution < -0.4 is 10.2 Å². The predicted molar refractivity (Wildman–Crippen MR) is 118 cm³/mol. The van der Waals surface area contributed by atoms with Gasteiger partial charge in [-0.25, -0.2) is 9.59 Å². The van der Waals surface area contributed by atoms with Crippen LogP contribution in [-0.4, -0.2) is 51.7 Å². The van der Waals surface area contributed by atoms with E-state index in [9.17, 15) is 19.5 Å². The number of urea groups is 1. The molecule has 2 N–H and O–H groups in total. The Balaban J connectivity index is 1.65. The molecule has 3 heterocycles. The summed E-state index contributed by atoms with van der Waals surface area (Å²) in [6, 6.07) is 5.52. The fraction of sp³-hybridized carbons (Fsp3) is 0.522. The third-order valence-corrected chi connectivity index (χ3v) is 6.66. The van der Waals surface area contributed by atoms with Crippen LogP contribution in [0.2, 0.25) is 0 Å². The minimum Gasteiger partial charge on any atom is -0.465 e. The van der Waals surface area contributed by atoms with Crippen LogP contribution in [0.15, 0.2) is 24.4 Å². The van der Waals surface area contributed by atoms with Crippen molar-refractivity contribution < 1.29 is 19.5 Å². The molecule has 0 bridgehead atoms. The summed E-state index contributed by atoms with van der Waals surface area (Å²) in [6.45, 7) is 7.19. The molecule has 1 aromatic heterocycles. The molecule has 0 spiro atoms. The summed E-state index contributed by atoms with van der Waals surface area (Å²) >= 11 is 0. The molecule has 0 radical (unpaired) electrons. The number of hydrogen-bond donors (Lipinski definition) is 2. The van der Waals surface area contributed by atoms with Crippen LogP contribution in [0.5, 0.6) is 0 Å². The van der Waals surface area contributed by atoms with Crippen molar-refractivity contribution in [2.24, 2.45) is 12.5 Å². The van der Waals surface area contributed by atoms with Crippen molar-refractivity contribution >= 4 is 34.6 Å².